The van der Waals surface area contributed by atoms with Crippen molar-refractivity contribution in [3.8, 4) is 0 Å². The van der Waals surface area contributed by atoms with Crippen molar-refractivity contribution >= 4 is 33.3 Å². The van der Waals surface area contributed by atoms with E-state index in [1.807, 2.05) is 0 Å². The number of carbonyl (C=O) groups excluding carboxylic acids is 2. The van der Waals surface area contributed by atoms with Crippen molar-refractivity contribution in [3.05, 3.63) is 0 Å². The number of hydrazone groups is 1. The zero-order valence-electron chi connectivity index (χ0n) is 10.7. The number of rotatable bonds is 6. The summed E-state index contributed by atoms with van der Waals surface area (Å²) in [5, 5.41) is 14.7. The number of hydrogen-bond acceptors (Lipinski definition) is 6. The minimum Gasteiger partial charge on any atom is -0.480 e. The Labute approximate surface area is 115 Å². The van der Waals surface area contributed by atoms with Crippen LogP contribution >= 0.6 is 0 Å². The van der Waals surface area contributed by atoms with Gasteiger partial charge in [-0.25, -0.2) is 18.6 Å². The molecule has 9 nitrogen and oxygen atoms in total. The molecule has 0 saturated carbocycles. The third kappa shape index (κ3) is 5.34. The van der Waals surface area contributed by atoms with Crippen molar-refractivity contribution in [2.75, 3.05) is 12.0 Å². The van der Waals surface area contributed by atoms with Crippen LogP contribution in [0.2, 0.25) is 0 Å². The molecule has 1 aliphatic rings. The van der Waals surface area contributed by atoms with E-state index in [1.54, 1.807) is 0 Å². The van der Waals surface area contributed by atoms with Gasteiger partial charge in [0.25, 0.3) is 5.91 Å². The zero-order chi connectivity index (χ0) is 15.3. The minimum atomic E-state index is -3.32. The molecule has 1 rings (SSSR count). The summed E-state index contributed by atoms with van der Waals surface area (Å²) in [5.74, 6) is -2.74. The molecule has 1 unspecified atom stereocenters. The molecule has 1 heterocycles. The number of carboxylic acids is 1. The van der Waals surface area contributed by atoms with Crippen LogP contribution in [0.5, 0.6) is 0 Å². The van der Waals surface area contributed by atoms with Crippen LogP contribution < -0.4 is 10.7 Å². The molecule has 1 aliphatic heterocycles. The van der Waals surface area contributed by atoms with E-state index >= 15 is 0 Å². The molecule has 0 spiro atoms. The number of aliphatic carboxylic acids is 1. The first-order valence-electron chi connectivity index (χ1n) is 5.76. The molecule has 0 fully saturated rings. The first-order valence-corrected chi connectivity index (χ1v) is 7.82. The zero-order valence-corrected chi connectivity index (χ0v) is 11.6. The molecule has 112 valence electrons. The molecule has 0 aliphatic carbocycles. The fraction of sp³-hybridized carbons (Fsp3) is 0.600. The van der Waals surface area contributed by atoms with E-state index in [9.17, 15) is 22.8 Å². The third-order valence-corrected chi connectivity index (χ3v) is 3.52. The van der Waals surface area contributed by atoms with Crippen LogP contribution in [-0.4, -0.2) is 55.1 Å². The van der Waals surface area contributed by atoms with Crippen LogP contribution in [0.1, 0.15) is 19.3 Å². The maximum atomic E-state index is 11.7. The van der Waals surface area contributed by atoms with Crippen molar-refractivity contribution in [2.45, 2.75) is 25.3 Å². The molecule has 20 heavy (non-hydrogen) atoms. The summed E-state index contributed by atoms with van der Waals surface area (Å²) in [6.07, 6.45) is 0.942. The van der Waals surface area contributed by atoms with Crippen LogP contribution in [0.15, 0.2) is 5.10 Å². The van der Waals surface area contributed by atoms with Gasteiger partial charge in [-0.3, -0.25) is 9.59 Å². The molecule has 0 aromatic rings. The average Bonchev–Trinajstić information content (AvgIpc) is 2.33. The highest BCUT2D eigenvalue weighted by molar-refractivity contribution is 7.90. The number of nitrogens with zero attached hydrogens (tertiary/aromatic N) is 1. The largest absolute Gasteiger partial charge is 0.480 e. The van der Waals surface area contributed by atoms with Crippen LogP contribution in [0.25, 0.3) is 0 Å². The molecule has 0 aromatic heterocycles. The first-order chi connectivity index (χ1) is 9.19. The highest BCUT2D eigenvalue weighted by Gasteiger charge is 2.25. The smallest absolute Gasteiger partial charge is 0.326 e. The molecule has 1 atom stereocenters. The Morgan fingerprint density at radius 2 is 2.10 bits per heavy atom. The standard InChI is InChI=1S/C10H15N3O6S/c1-20(18,19)5-4-7(10(16)17)11-9(15)6-2-3-8(14)13-12-6/h7H,2-5H2,1H3,(H,11,15)(H,13,14)(H,16,17). The number of nitrogens with one attached hydrogen (secondary N) is 2. The number of sulfone groups is 1. The Morgan fingerprint density at radius 3 is 2.55 bits per heavy atom. The summed E-state index contributed by atoms with van der Waals surface area (Å²) < 4.78 is 22.0. The van der Waals surface area contributed by atoms with Crippen LogP contribution in [-0.2, 0) is 24.2 Å². The van der Waals surface area contributed by atoms with Crippen molar-refractivity contribution in [1.82, 2.24) is 10.7 Å². The monoisotopic (exact) mass is 305 g/mol. The van der Waals surface area contributed by atoms with Gasteiger partial charge in [-0.05, 0) is 6.42 Å². The van der Waals surface area contributed by atoms with Crippen LogP contribution in [0, 0.1) is 0 Å². The summed E-state index contributed by atoms with van der Waals surface area (Å²) in [6.45, 7) is 0. The van der Waals surface area contributed by atoms with Gasteiger partial charge in [-0.1, -0.05) is 0 Å². The van der Waals surface area contributed by atoms with Gasteiger partial charge < -0.3 is 10.4 Å². The topological polar surface area (TPSA) is 142 Å². The minimum absolute atomic E-state index is 0.00945. The molecule has 0 bridgehead atoms. The first kappa shape index (κ1) is 16.1. The molecule has 0 radical (unpaired) electrons. The summed E-state index contributed by atoms with van der Waals surface area (Å²) in [7, 11) is -3.32. The van der Waals surface area contributed by atoms with Gasteiger partial charge >= 0.3 is 5.97 Å². The number of carboxylic acid groups (broad SMARTS) is 1. The Morgan fingerprint density at radius 1 is 1.45 bits per heavy atom. The van der Waals surface area contributed by atoms with Crippen molar-refractivity contribution < 1.29 is 27.9 Å². The van der Waals surface area contributed by atoms with E-state index in [4.69, 9.17) is 5.11 Å². The lowest BCUT2D eigenvalue weighted by Crippen LogP contribution is -2.46. The molecular weight excluding hydrogens is 290 g/mol. The Kier molecular flexibility index (Phi) is 5.19. The number of amides is 2. The Hall–Kier alpha value is -1.97. The second-order valence-corrected chi connectivity index (χ2v) is 6.64. The molecule has 2 amide bonds. The van der Waals surface area contributed by atoms with E-state index < -0.39 is 27.8 Å². The predicted octanol–water partition coefficient (Wildman–Crippen LogP) is -1.74. The van der Waals surface area contributed by atoms with E-state index in [0.29, 0.717) is 0 Å². The van der Waals surface area contributed by atoms with Crippen LogP contribution in [0.4, 0.5) is 0 Å². The average molecular weight is 305 g/mol. The van der Waals surface area contributed by atoms with Gasteiger partial charge in [0.1, 0.15) is 21.6 Å². The summed E-state index contributed by atoms with van der Waals surface area (Å²) in [6, 6.07) is -1.32. The second-order valence-electron chi connectivity index (χ2n) is 4.38. The normalized spacial score (nSPS) is 16.9. The SMILES string of the molecule is CS(=O)(=O)CCC(NC(=O)C1=NNC(=O)CC1)C(=O)O. The molecule has 0 aromatic carbocycles. The summed E-state index contributed by atoms with van der Waals surface area (Å²) in [4.78, 5) is 33.6. The van der Waals surface area contributed by atoms with Gasteiger partial charge in [0.15, 0.2) is 0 Å². The van der Waals surface area contributed by atoms with Gasteiger partial charge in [-0.15, -0.1) is 0 Å². The maximum absolute atomic E-state index is 11.7. The maximum Gasteiger partial charge on any atom is 0.326 e. The second kappa shape index (κ2) is 6.46. The quantitative estimate of drug-likeness (QED) is 0.531. The van der Waals surface area contributed by atoms with E-state index in [2.05, 4.69) is 15.8 Å². The third-order valence-electron chi connectivity index (χ3n) is 2.55. The summed E-state index contributed by atoms with van der Waals surface area (Å²) in [5.41, 5.74) is 2.13. The van der Waals surface area contributed by atoms with Gasteiger partial charge in [0.05, 0.1) is 5.75 Å². The Bertz CT molecular complexity index is 553. The van der Waals surface area contributed by atoms with Gasteiger partial charge in [0, 0.05) is 19.1 Å². The lowest BCUT2D eigenvalue weighted by molar-refractivity contribution is -0.141. The fourth-order valence-corrected chi connectivity index (χ4v) is 2.13. The van der Waals surface area contributed by atoms with Crippen molar-refractivity contribution in [1.29, 1.82) is 0 Å². The number of carbonyl (C=O) groups is 3. The molecule has 10 heteroatoms. The molecule has 3 N–H and O–H groups in total. The van der Waals surface area contributed by atoms with Gasteiger partial charge in [0.2, 0.25) is 5.91 Å². The van der Waals surface area contributed by atoms with E-state index in [1.165, 1.54) is 0 Å². The highest BCUT2D eigenvalue weighted by Crippen LogP contribution is 2.02. The predicted molar refractivity (Wildman–Crippen MR) is 68.7 cm³/mol. The van der Waals surface area contributed by atoms with Crippen molar-refractivity contribution in [2.24, 2.45) is 5.10 Å². The lowest BCUT2D eigenvalue weighted by atomic mass is 10.1. The van der Waals surface area contributed by atoms with Gasteiger partial charge in [-0.2, -0.15) is 5.10 Å². The molecular formula is C10H15N3O6S. The van der Waals surface area contributed by atoms with E-state index in [-0.39, 0.29) is 36.6 Å². The highest BCUT2D eigenvalue weighted by atomic mass is 32.2. The molecule has 0 saturated heterocycles. The van der Waals surface area contributed by atoms with Crippen molar-refractivity contribution in [3.63, 3.8) is 0 Å². The fourth-order valence-electron chi connectivity index (χ4n) is 1.47. The number of hydrogen-bond donors (Lipinski definition) is 3. The van der Waals surface area contributed by atoms with E-state index in [0.717, 1.165) is 6.26 Å². The summed E-state index contributed by atoms with van der Waals surface area (Å²) >= 11 is 0. The lowest BCUT2D eigenvalue weighted by Gasteiger charge is -2.16. The Balaban J connectivity index is 2.64. The van der Waals surface area contributed by atoms with Crippen LogP contribution in [0.3, 0.4) is 0 Å².